The third kappa shape index (κ3) is 13.1. The van der Waals surface area contributed by atoms with Gasteiger partial charge in [-0.1, -0.05) is 0 Å². The third-order valence-electron chi connectivity index (χ3n) is 1.49. The molecule has 0 aliphatic carbocycles. The fraction of sp³-hybridized carbons (Fsp3) is 0.667. The van der Waals surface area contributed by atoms with Crippen molar-refractivity contribution in [1.82, 2.24) is 0 Å². The standard InChI is InChI=1S/C10H18O6.2CH3.2Zn/c1-5(2)15-9(13)7(11)8(12)10(14)16-6(3)4;;;;/h5-8,11-12H,1-4H3;2*1H3;;/q;2*-1;;/t7-,8-;;;;/m0..../s1. The van der Waals surface area contributed by atoms with Crippen molar-refractivity contribution in [3.05, 3.63) is 14.9 Å². The average Bonchev–Trinajstić information content (AvgIpc) is 2.13. The molecule has 2 N–H and O–H groups in total. The van der Waals surface area contributed by atoms with Crippen molar-refractivity contribution in [2.24, 2.45) is 0 Å². The first-order valence-electron chi connectivity index (χ1n) is 5.02. The summed E-state index contributed by atoms with van der Waals surface area (Å²) in [7, 11) is 0. The summed E-state index contributed by atoms with van der Waals surface area (Å²) >= 11 is 0. The van der Waals surface area contributed by atoms with Crippen LogP contribution < -0.4 is 0 Å². The molecule has 114 valence electrons. The van der Waals surface area contributed by atoms with E-state index in [1.165, 1.54) is 0 Å². The first-order chi connectivity index (χ1) is 7.25. The van der Waals surface area contributed by atoms with Crippen LogP contribution in [-0.4, -0.2) is 46.6 Å². The van der Waals surface area contributed by atoms with Crippen LogP contribution in [0.3, 0.4) is 0 Å². The summed E-state index contributed by atoms with van der Waals surface area (Å²) in [5.74, 6) is -2.11. The second-order valence-corrected chi connectivity index (χ2v) is 3.86. The number of carbonyl (C=O) groups excluding carboxylic acids is 2. The zero-order valence-corrected chi connectivity index (χ0v) is 19.2. The molecular formula is C12H24O6Zn2-2. The van der Waals surface area contributed by atoms with E-state index in [0.717, 1.165) is 0 Å². The number of esters is 2. The number of rotatable bonds is 5. The van der Waals surface area contributed by atoms with Crippen molar-refractivity contribution >= 4 is 11.9 Å². The summed E-state index contributed by atoms with van der Waals surface area (Å²) in [6.45, 7) is 6.35. The summed E-state index contributed by atoms with van der Waals surface area (Å²) in [4.78, 5) is 22.3. The Kier molecular flexibility index (Phi) is 24.9. The van der Waals surface area contributed by atoms with Crippen LogP contribution in [0.4, 0.5) is 0 Å². The van der Waals surface area contributed by atoms with Gasteiger partial charge in [0.2, 0.25) is 0 Å². The van der Waals surface area contributed by atoms with Gasteiger partial charge in [-0.05, 0) is 27.7 Å². The molecule has 0 saturated heterocycles. The predicted octanol–water partition coefficient (Wildman–Crippen LogP) is 0.507. The van der Waals surface area contributed by atoms with Crippen molar-refractivity contribution in [2.45, 2.75) is 52.1 Å². The van der Waals surface area contributed by atoms with E-state index in [1.54, 1.807) is 27.7 Å². The Morgan fingerprint density at radius 1 is 0.750 bits per heavy atom. The molecule has 0 spiro atoms. The van der Waals surface area contributed by atoms with Gasteiger partial charge in [0.15, 0.2) is 12.2 Å². The van der Waals surface area contributed by atoms with Gasteiger partial charge < -0.3 is 34.5 Å². The molecule has 0 saturated carbocycles. The van der Waals surface area contributed by atoms with E-state index in [0.29, 0.717) is 0 Å². The van der Waals surface area contributed by atoms with Crippen LogP contribution in [0.2, 0.25) is 0 Å². The van der Waals surface area contributed by atoms with Crippen molar-refractivity contribution in [3.8, 4) is 0 Å². The van der Waals surface area contributed by atoms with Gasteiger partial charge in [-0.2, -0.15) is 0 Å². The maximum Gasteiger partial charge on any atom is 0.338 e. The number of hydrogen-bond donors (Lipinski definition) is 2. The Balaban J connectivity index is -0.000000187. The van der Waals surface area contributed by atoms with E-state index in [9.17, 15) is 19.8 Å². The van der Waals surface area contributed by atoms with Crippen LogP contribution in [0.25, 0.3) is 0 Å². The SMILES string of the molecule is CC(C)OC(=O)[C@@H](O)[C@H](O)C(=O)OC(C)C.[CH3-].[CH3-].[Zn].[Zn]. The van der Waals surface area contributed by atoms with Gasteiger partial charge in [0, 0.05) is 39.0 Å². The van der Waals surface area contributed by atoms with E-state index >= 15 is 0 Å². The quantitative estimate of drug-likeness (QED) is 0.401. The normalized spacial score (nSPS) is 11.8. The Morgan fingerprint density at radius 3 is 1.10 bits per heavy atom. The molecule has 0 bridgehead atoms. The molecular weight excluding hydrogens is 371 g/mol. The Morgan fingerprint density at radius 2 is 0.950 bits per heavy atom. The second-order valence-electron chi connectivity index (χ2n) is 3.86. The third-order valence-corrected chi connectivity index (χ3v) is 1.49. The minimum Gasteiger partial charge on any atom is -0.461 e. The van der Waals surface area contributed by atoms with Gasteiger partial charge in [-0.25, -0.2) is 9.59 Å². The summed E-state index contributed by atoms with van der Waals surface area (Å²) in [5, 5.41) is 18.6. The van der Waals surface area contributed by atoms with E-state index in [4.69, 9.17) is 0 Å². The summed E-state index contributed by atoms with van der Waals surface area (Å²) in [6.07, 6.45) is -4.71. The van der Waals surface area contributed by atoms with Gasteiger partial charge in [-0.15, -0.1) is 0 Å². The monoisotopic (exact) mass is 392 g/mol. The van der Waals surface area contributed by atoms with Gasteiger partial charge in [0.05, 0.1) is 12.2 Å². The van der Waals surface area contributed by atoms with Crippen LogP contribution in [0.15, 0.2) is 0 Å². The van der Waals surface area contributed by atoms with Gasteiger partial charge in [-0.3, -0.25) is 0 Å². The number of ether oxygens (including phenoxy) is 2. The van der Waals surface area contributed by atoms with E-state index in [-0.39, 0.29) is 53.8 Å². The molecule has 6 nitrogen and oxygen atoms in total. The number of hydrogen-bond acceptors (Lipinski definition) is 6. The fourth-order valence-corrected chi connectivity index (χ4v) is 0.862. The van der Waals surface area contributed by atoms with Crippen LogP contribution in [0.1, 0.15) is 27.7 Å². The number of aliphatic hydroxyl groups excluding tert-OH is 2. The fourth-order valence-electron chi connectivity index (χ4n) is 0.862. The molecule has 0 aromatic carbocycles. The maximum absolute atomic E-state index is 11.1. The van der Waals surface area contributed by atoms with E-state index < -0.39 is 36.4 Å². The zero-order valence-electron chi connectivity index (χ0n) is 13.3. The van der Waals surface area contributed by atoms with E-state index in [1.807, 2.05) is 0 Å². The molecule has 0 fully saturated rings. The molecule has 0 aromatic rings. The molecule has 2 atom stereocenters. The molecule has 0 aliphatic heterocycles. The Bertz CT molecular complexity index is 232. The van der Waals surface area contributed by atoms with Crippen LogP contribution in [0, 0.1) is 14.9 Å². The molecule has 0 aromatic heterocycles. The van der Waals surface area contributed by atoms with Crippen molar-refractivity contribution in [3.63, 3.8) is 0 Å². The van der Waals surface area contributed by atoms with Crippen LogP contribution in [-0.2, 0) is 58.0 Å². The first kappa shape index (κ1) is 32.2. The minimum absolute atomic E-state index is 0. The Hall–Kier alpha value is 0.107. The number of aliphatic hydroxyl groups is 2. The van der Waals surface area contributed by atoms with Crippen molar-refractivity contribution in [2.75, 3.05) is 0 Å². The molecule has 20 heavy (non-hydrogen) atoms. The van der Waals surface area contributed by atoms with Gasteiger partial charge in [0.1, 0.15) is 0 Å². The molecule has 8 heteroatoms. The van der Waals surface area contributed by atoms with Crippen LogP contribution >= 0.6 is 0 Å². The van der Waals surface area contributed by atoms with Gasteiger partial charge in [0.25, 0.3) is 0 Å². The molecule has 0 amide bonds. The topological polar surface area (TPSA) is 93.1 Å². The second kappa shape index (κ2) is 15.5. The van der Waals surface area contributed by atoms with Crippen LogP contribution in [0.5, 0.6) is 0 Å². The largest absolute Gasteiger partial charge is 0.461 e. The number of carbonyl (C=O) groups is 2. The maximum atomic E-state index is 11.1. The zero-order chi connectivity index (χ0) is 12.9. The Labute approximate surface area is 147 Å². The summed E-state index contributed by atoms with van der Waals surface area (Å²) < 4.78 is 9.26. The van der Waals surface area contributed by atoms with E-state index in [2.05, 4.69) is 9.47 Å². The van der Waals surface area contributed by atoms with Gasteiger partial charge >= 0.3 is 11.9 Å². The van der Waals surface area contributed by atoms with Crippen molar-refractivity contribution in [1.29, 1.82) is 0 Å². The minimum atomic E-state index is -1.92. The predicted molar refractivity (Wildman–Crippen MR) is 67.3 cm³/mol. The molecule has 0 heterocycles. The van der Waals surface area contributed by atoms with Crippen molar-refractivity contribution < 1.29 is 68.2 Å². The average molecular weight is 395 g/mol. The first-order valence-corrected chi connectivity index (χ1v) is 5.02. The molecule has 0 radical (unpaired) electrons. The summed E-state index contributed by atoms with van der Waals surface area (Å²) in [5.41, 5.74) is 0. The molecule has 0 aliphatic rings. The summed E-state index contributed by atoms with van der Waals surface area (Å²) in [6, 6.07) is 0. The molecule has 0 unspecified atom stereocenters. The molecule has 0 rings (SSSR count). The smallest absolute Gasteiger partial charge is 0.338 e.